The van der Waals surface area contributed by atoms with E-state index in [4.69, 9.17) is 10.5 Å². The van der Waals surface area contributed by atoms with Gasteiger partial charge in [-0.1, -0.05) is 25.1 Å². The van der Waals surface area contributed by atoms with Gasteiger partial charge in [-0.3, -0.25) is 19.2 Å². The number of nitrogens with zero attached hydrogens (tertiary/aromatic N) is 1. The zero-order valence-corrected chi connectivity index (χ0v) is 22.7. The maximum atomic E-state index is 14.0. The number of para-hydroxylation sites is 1. The van der Waals surface area contributed by atoms with E-state index < -0.39 is 60.1 Å². The van der Waals surface area contributed by atoms with Gasteiger partial charge in [-0.15, -0.1) is 0 Å². The lowest BCUT2D eigenvalue weighted by Gasteiger charge is -2.35. The van der Waals surface area contributed by atoms with E-state index in [1.54, 1.807) is 39.8 Å². The summed E-state index contributed by atoms with van der Waals surface area (Å²) in [5.41, 5.74) is 5.08. The van der Waals surface area contributed by atoms with E-state index in [-0.39, 0.29) is 30.1 Å². The molecule has 4 unspecified atom stereocenters. The number of esters is 1. The molecule has 12 nitrogen and oxygen atoms in total. The van der Waals surface area contributed by atoms with Crippen molar-refractivity contribution in [2.45, 2.75) is 77.6 Å². The first-order valence-corrected chi connectivity index (χ1v) is 12.4. The number of methoxy groups -OCH3 is 1. The highest BCUT2D eigenvalue weighted by Crippen LogP contribution is 2.43. The van der Waals surface area contributed by atoms with Gasteiger partial charge in [0.2, 0.25) is 17.7 Å². The molecule has 0 bridgehead atoms. The van der Waals surface area contributed by atoms with Gasteiger partial charge in [0.15, 0.2) is 0 Å². The molecule has 0 aliphatic heterocycles. The number of ether oxygens (including phenoxy) is 2. The number of alkyl carbamates (subject to hydrolysis) is 1. The monoisotopic (exact) mass is 534 g/mol. The van der Waals surface area contributed by atoms with Gasteiger partial charge in [0.05, 0.1) is 7.11 Å². The van der Waals surface area contributed by atoms with Crippen molar-refractivity contribution in [2.24, 2.45) is 11.7 Å². The number of rotatable bonds is 11. The van der Waals surface area contributed by atoms with E-state index in [2.05, 4.69) is 15.4 Å². The number of hydrogen-bond donors (Lipinski definition) is 4. The molecular formula is C26H38N4O8. The lowest BCUT2D eigenvalue weighted by molar-refractivity contribution is -0.145. The summed E-state index contributed by atoms with van der Waals surface area (Å²) in [4.78, 5) is 64.7. The Balaban J connectivity index is 2.54. The van der Waals surface area contributed by atoms with Gasteiger partial charge in [0, 0.05) is 18.0 Å². The molecule has 210 valence electrons. The molecule has 12 heteroatoms. The second-order valence-electron chi connectivity index (χ2n) is 10.4. The van der Waals surface area contributed by atoms with Gasteiger partial charge in [-0.2, -0.15) is 0 Å². The van der Waals surface area contributed by atoms with Gasteiger partial charge in [-0.05, 0) is 52.0 Å². The molecule has 1 saturated carbocycles. The molecule has 1 aliphatic carbocycles. The smallest absolute Gasteiger partial charge is 0.408 e. The van der Waals surface area contributed by atoms with Crippen molar-refractivity contribution in [1.29, 1.82) is 0 Å². The third kappa shape index (κ3) is 8.35. The van der Waals surface area contributed by atoms with Crippen LogP contribution < -0.4 is 16.4 Å². The topological polar surface area (TPSA) is 177 Å². The number of aromatic hydroxyl groups is 1. The average Bonchev–Trinajstić information content (AvgIpc) is 3.54. The molecule has 1 fully saturated rings. The number of amides is 4. The standard InChI is InChI=1S/C26H38N4O8/c1-14-8-7-9-16(22(14)33)21(23(34)28-13-20(32)37-6)30(18-12-15(18)2)24(35)17(10-11-19(27)31)29-25(36)38-26(3,4)5/h7-9,15,17-18,21,33H,10-13H2,1-6H3,(H2,27,31)(H,28,34)(H,29,36). The van der Waals surface area contributed by atoms with Crippen molar-refractivity contribution in [1.82, 2.24) is 15.5 Å². The van der Waals surface area contributed by atoms with Gasteiger partial charge in [0.1, 0.15) is 30.0 Å². The quantitative estimate of drug-likeness (QED) is 0.308. The lowest BCUT2D eigenvalue weighted by atomic mass is 9.98. The molecule has 4 atom stereocenters. The molecule has 1 aromatic carbocycles. The molecule has 5 N–H and O–H groups in total. The number of benzene rings is 1. The Morgan fingerprint density at radius 2 is 1.84 bits per heavy atom. The van der Waals surface area contributed by atoms with Crippen LogP contribution >= 0.6 is 0 Å². The number of nitrogens with two attached hydrogens (primary N) is 1. The number of phenols is 1. The largest absolute Gasteiger partial charge is 0.507 e. The number of phenolic OH excluding ortho intramolecular Hbond substituents is 1. The maximum absolute atomic E-state index is 14.0. The van der Waals surface area contributed by atoms with Gasteiger partial charge in [-0.25, -0.2) is 4.79 Å². The van der Waals surface area contributed by atoms with Crippen molar-refractivity contribution in [3.63, 3.8) is 0 Å². The van der Waals surface area contributed by atoms with Gasteiger partial charge >= 0.3 is 12.1 Å². The molecule has 0 radical (unpaired) electrons. The second-order valence-corrected chi connectivity index (χ2v) is 10.4. The normalized spacial score (nSPS) is 17.9. The van der Waals surface area contributed by atoms with E-state index >= 15 is 0 Å². The van der Waals surface area contributed by atoms with Crippen LogP contribution in [0, 0.1) is 12.8 Å². The Labute approximate surface area is 222 Å². The predicted molar refractivity (Wildman–Crippen MR) is 137 cm³/mol. The number of carbonyl (C=O) groups is 5. The van der Waals surface area contributed by atoms with Crippen molar-refractivity contribution in [3.05, 3.63) is 29.3 Å². The van der Waals surface area contributed by atoms with Crippen LogP contribution in [0.15, 0.2) is 18.2 Å². The third-order valence-electron chi connectivity index (χ3n) is 6.07. The fraction of sp³-hybridized carbons (Fsp3) is 0.577. The van der Waals surface area contributed by atoms with Crippen LogP contribution in [0.2, 0.25) is 0 Å². The predicted octanol–water partition coefficient (Wildman–Crippen LogP) is 1.43. The van der Waals surface area contributed by atoms with Crippen LogP contribution in [0.3, 0.4) is 0 Å². The third-order valence-corrected chi connectivity index (χ3v) is 6.07. The summed E-state index contributed by atoms with van der Waals surface area (Å²) in [5.74, 6) is -2.94. The Morgan fingerprint density at radius 3 is 2.37 bits per heavy atom. The first-order valence-electron chi connectivity index (χ1n) is 12.4. The fourth-order valence-electron chi connectivity index (χ4n) is 3.99. The zero-order chi connectivity index (χ0) is 28.8. The molecule has 1 aliphatic rings. The summed E-state index contributed by atoms with van der Waals surface area (Å²) in [5, 5.41) is 15.8. The molecule has 38 heavy (non-hydrogen) atoms. The van der Waals surface area contributed by atoms with E-state index in [9.17, 15) is 29.1 Å². The summed E-state index contributed by atoms with van der Waals surface area (Å²) < 4.78 is 9.90. The van der Waals surface area contributed by atoms with Crippen molar-refractivity contribution in [3.8, 4) is 5.75 Å². The number of nitrogens with one attached hydrogen (secondary N) is 2. The Kier molecular flexibility index (Phi) is 10.1. The molecule has 1 aromatic rings. The highest BCUT2D eigenvalue weighted by atomic mass is 16.6. The molecule has 4 amide bonds. The molecule has 2 rings (SSSR count). The summed E-state index contributed by atoms with van der Waals surface area (Å²) in [6, 6.07) is 1.78. The Hall–Kier alpha value is -3.83. The number of hydrogen-bond acceptors (Lipinski definition) is 8. The minimum Gasteiger partial charge on any atom is -0.507 e. The second kappa shape index (κ2) is 12.6. The van der Waals surface area contributed by atoms with Crippen LogP contribution in [0.5, 0.6) is 5.75 Å². The number of carbonyl (C=O) groups excluding carboxylic acids is 5. The summed E-state index contributed by atoms with van der Waals surface area (Å²) >= 11 is 0. The SMILES string of the molecule is COC(=O)CNC(=O)C(c1cccc(C)c1O)N(C(=O)C(CCC(N)=O)NC(=O)OC(C)(C)C)C1CC1C. The van der Waals surface area contributed by atoms with Crippen LogP contribution in [0.1, 0.15) is 64.1 Å². The van der Waals surface area contributed by atoms with Crippen LogP contribution in [-0.2, 0) is 28.7 Å². The minimum absolute atomic E-state index is 0.0140. The number of primary amides is 1. The molecule has 0 aromatic heterocycles. The van der Waals surface area contributed by atoms with Crippen LogP contribution in [0.25, 0.3) is 0 Å². The van der Waals surface area contributed by atoms with Crippen LogP contribution in [0.4, 0.5) is 4.79 Å². The molecule has 0 heterocycles. The van der Waals surface area contributed by atoms with E-state index in [0.717, 1.165) is 0 Å². The van der Waals surface area contributed by atoms with E-state index in [1.165, 1.54) is 18.1 Å². The average molecular weight is 535 g/mol. The highest BCUT2D eigenvalue weighted by Gasteiger charge is 2.48. The summed E-state index contributed by atoms with van der Waals surface area (Å²) in [6.45, 7) is 8.06. The highest BCUT2D eigenvalue weighted by molar-refractivity contribution is 5.94. The maximum Gasteiger partial charge on any atom is 0.408 e. The Bertz CT molecular complexity index is 1070. The van der Waals surface area contributed by atoms with Crippen molar-refractivity contribution < 1.29 is 38.6 Å². The first kappa shape index (κ1) is 30.4. The Morgan fingerprint density at radius 1 is 1.21 bits per heavy atom. The number of aryl methyl sites for hydroxylation is 1. The van der Waals surface area contributed by atoms with Crippen molar-refractivity contribution >= 4 is 29.8 Å². The van der Waals surface area contributed by atoms with Crippen molar-refractivity contribution in [2.75, 3.05) is 13.7 Å². The van der Waals surface area contributed by atoms with E-state index in [1.807, 2.05) is 6.92 Å². The lowest BCUT2D eigenvalue weighted by Crippen LogP contribution is -2.54. The van der Waals surface area contributed by atoms with Gasteiger partial charge in [0.25, 0.3) is 0 Å². The first-order chi connectivity index (χ1) is 17.7. The molecule has 0 saturated heterocycles. The molecular weight excluding hydrogens is 496 g/mol. The minimum atomic E-state index is -1.35. The van der Waals surface area contributed by atoms with Gasteiger partial charge < -0.3 is 35.8 Å². The summed E-state index contributed by atoms with van der Waals surface area (Å²) in [6.07, 6.45) is -0.668. The zero-order valence-electron chi connectivity index (χ0n) is 22.7. The fourth-order valence-corrected chi connectivity index (χ4v) is 3.99. The van der Waals surface area contributed by atoms with Crippen LogP contribution in [-0.4, -0.2) is 71.1 Å². The molecule has 0 spiro atoms. The summed E-state index contributed by atoms with van der Waals surface area (Å²) in [7, 11) is 1.17. The van der Waals surface area contributed by atoms with E-state index in [0.29, 0.717) is 12.0 Å².